The molecule has 2 aromatic rings. The molecular weight excluding hydrogens is 274 g/mol. The van der Waals surface area contributed by atoms with Crippen LogP contribution in [0.1, 0.15) is 18.7 Å². The van der Waals surface area contributed by atoms with Gasteiger partial charge in [0.1, 0.15) is 11.3 Å². The lowest BCUT2D eigenvalue weighted by molar-refractivity contribution is -0.139. The molecular formula is C15H19NO3S. The maximum absolute atomic E-state index is 11.3. The number of rotatable bonds is 7. The monoisotopic (exact) mass is 293 g/mol. The number of thioether (sulfide) groups is 1. The number of hydrogen-bond donors (Lipinski definition) is 1. The van der Waals surface area contributed by atoms with Crippen LogP contribution in [0, 0.1) is 0 Å². The molecule has 20 heavy (non-hydrogen) atoms. The number of furan rings is 1. The fraction of sp³-hybridized carbons (Fsp3) is 0.400. The van der Waals surface area contributed by atoms with Crippen molar-refractivity contribution in [2.75, 3.05) is 25.2 Å². The zero-order valence-corrected chi connectivity index (χ0v) is 12.5. The average molecular weight is 293 g/mol. The molecule has 1 heterocycles. The van der Waals surface area contributed by atoms with Gasteiger partial charge < -0.3 is 14.5 Å². The van der Waals surface area contributed by atoms with Gasteiger partial charge in [-0.2, -0.15) is 0 Å². The summed E-state index contributed by atoms with van der Waals surface area (Å²) < 4.78 is 10.7. The summed E-state index contributed by atoms with van der Waals surface area (Å²) in [6, 6.07) is 10.1. The zero-order chi connectivity index (χ0) is 14.4. The van der Waals surface area contributed by atoms with Gasteiger partial charge in [-0.15, -0.1) is 11.8 Å². The summed E-state index contributed by atoms with van der Waals surface area (Å²) in [4.78, 5) is 11.3. The Balaban J connectivity index is 1.95. The lowest BCUT2D eigenvalue weighted by Gasteiger charge is -2.12. The van der Waals surface area contributed by atoms with Crippen molar-refractivity contribution in [2.24, 2.45) is 0 Å². The Morgan fingerprint density at radius 1 is 1.45 bits per heavy atom. The number of benzene rings is 1. The smallest absolute Gasteiger partial charge is 0.315 e. The Morgan fingerprint density at radius 3 is 2.95 bits per heavy atom. The van der Waals surface area contributed by atoms with Crippen molar-refractivity contribution in [2.45, 2.75) is 13.0 Å². The number of esters is 1. The molecule has 4 nitrogen and oxygen atoms in total. The molecule has 1 aromatic heterocycles. The number of hydrogen-bond acceptors (Lipinski definition) is 5. The van der Waals surface area contributed by atoms with E-state index >= 15 is 0 Å². The van der Waals surface area contributed by atoms with Gasteiger partial charge in [0.05, 0.1) is 18.4 Å². The highest BCUT2D eigenvalue weighted by atomic mass is 32.2. The first-order valence-corrected chi connectivity index (χ1v) is 7.79. The predicted octanol–water partition coefficient (Wildman–Crippen LogP) is 2.99. The van der Waals surface area contributed by atoms with Crippen LogP contribution in [-0.2, 0) is 9.53 Å². The third kappa shape index (κ3) is 3.77. The van der Waals surface area contributed by atoms with Gasteiger partial charge >= 0.3 is 5.97 Å². The second-order valence-electron chi connectivity index (χ2n) is 4.35. The molecule has 0 aliphatic rings. The molecule has 0 spiro atoms. The normalized spacial score (nSPS) is 12.5. The summed E-state index contributed by atoms with van der Waals surface area (Å²) in [6.07, 6.45) is 0. The lowest BCUT2D eigenvalue weighted by atomic mass is 10.2. The molecule has 0 fully saturated rings. The van der Waals surface area contributed by atoms with Gasteiger partial charge in [0, 0.05) is 11.1 Å². The van der Waals surface area contributed by atoms with Crippen molar-refractivity contribution in [1.82, 2.24) is 5.32 Å². The van der Waals surface area contributed by atoms with E-state index in [-0.39, 0.29) is 12.0 Å². The highest BCUT2D eigenvalue weighted by Crippen LogP contribution is 2.25. The Labute approximate surface area is 122 Å². The molecule has 0 saturated heterocycles. The highest BCUT2D eigenvalue weighted by molar-refractivity contribution is 7.99. The average Bonchev–Trinajstić information content (AvgIpc) is 2.87. The van der Waals surface area contributed by atoms with Crippen molar-refractivity contribution in [3.63, 3.8) is 0 Å². The molecule has 5 heteroatoms. The largest absolute Gasteiger partial charge is 0.465 e. The van der Waals surface area contributed by atoms with E-state index in [4.69, 9.17) is 9.15 Å². The van der Waals surface area contributed by atoms with Crippen molar-refractivity contribution < 1.29 is 13.9 Å². The van der Waals surface area contributed by atoms with Gasteiger partial charge in [-0.3, -0.25) is 4.79 Å². The van der Waals surface area contributed by atoms with E-state index in [9.17, 15) is 4.79 Å². The standard InChI is InChI=1S/C15H19NO3S/c1-3-18-15(17)10-20-9-12(16-2)14-8-11-6-4-5-7-13(11)19-14/h4-8,12,16H,3,9-10H2,1-2H3. The molecule has 0 radical (unpaired) electrons. The topological polar surface area (TPSA) is 51.5 Å². The van der Waals surface area contributed by atoms with Gasteiger partial charge in [-0.25, -0.2) is 0 Å². The van der Waals surface area contributed by atoms with Crippen molar-refractivity contribution in [3.05, 3.63) is 36.1 Å². The minimum atomic E-state index is -0.169. The molecule has 1 unspecified atom stereocenters. The van der Waals surface area contributed by atoms with E-state index in [1.165, 1.54) is 0 Å². The van der Waals surface area contributed by atoms with Crippen molar-refractivity contribution in [1.29, 1.82) is 0 Å². The summed E-state index contributed by atoms with van der Waals surface area (Å²) in [7, 11) is 1.89. The number of ether oxygens (including phenoxy) is 1. The van der Waals surface area contributed by atoms with Crippen LogP contribution in [0.4, 0.5) is 0 Å². The third-order valence-corrected chi connectivity index (χ3v) is 3.96. The molecule has 108 valence electrons. The van der Waals surface area contributed by atoms with Crippen LogP contribution < -0.4 is 5.32 Å². The van der Waals surface area contributed by atoms with Crippen LogP contribution in [-0.4, -0.2) is 31.1 Å². The predicted molar refractivity (Wildman–Crippen MR) is 82.0 cm³/mol. The Bertz CT molecular complexity index is 534. The fourth-order valence-electron chi connectivity index (χ4n) is 1.94. The van der Waals surface area contributed by atoms with Gasteiger partial charge in [0.2, 0.25) is 0 Å². The zero-order valence-electron chi connectivity index (χ0n) is 11.7. The maximum Gasteiger partial charge on any atom is 0.315 e. The third-order valence-electron chi connectivity index (χ3n) is 2.95. The molecule has 1 atom stereocenters. The van der Waals surface area contributed by atoms with E-state index < -0.39 is 0 Å². The van der Waals surface area contributed by atoms with Crippen molar-refractivity contribution in [3.8, 4) is 0 Å². The van der Waals surface area contributed by atoms with Gasteiger partial charge in [0.25, 0.3) is 0 Å². The van der Waals surface area contributed by atoms with E-state index in [1.807, 2.05) is 44.3 Å². The van der Waals surface area contributed by atoms with Crippen LogP contribution in [0.3, 0.4) is 0 Å². The number of nitrogens with one attached hydrogen (secondary N) is 1. The summed E-state index contributed by atoms with van der Waals surface area (Å²) in [5, 5.41) is 4.31. The minimum Gasteiger partial charge on any atom is -0.465 e. The molecule has 0 aliphatic carbocycles. The first kappa shape index (κ1) is 14.9. The molecule has 0 amide bonds. The van der Waals surface area contributed by atoms with Gasteiger partial charge in [-0.05, 0) is 26.1 Å². The summed E-state index contributed by atoms with van der Waals surface area (Å²) in [5.41, 5.74) is 0.887. The molecule has 1 N–H and O–H groups in total. The maximum atomic E-state index is 11.3. The number of fused-ring (bicyclic) bond motifs is 1. The SMILES string of the molecule is CCOC(=O)CSCC(NC)c1cc2ccccc2o1. The van der Waals surface area contributed by atoms with E-state index in [2.05, 4.69) is 5.32 Å². The highest BCUT2D eigenvalue weighted by Gasteiger charge is 2.15. The van der Waals surface area contributed by atoms with Gasteiger partial charge in [-0.1, -0.05) is 18.2 Å². The van der Waals surface area contributed by atoms with Gasteiger partial charge in [0.15, 0.2) is 0 Å². The lowest BCUT2D eigenvalue weighted by Crippen LogP contribution is -2.19. The van der Waals surface area contributed by atoms with Crippen LogP contribution in [0.5, 0.6) is 0 Å². The fourth-order valence-corrected chi connectivity index (χ4v) is 2.88. The number of para-hydroxylation sites is 1. The van der Waals surface area contributed by atoms with E-state index in [0.29, 0.717) is 12.4 Å². The van der Waals surface area contributed by atoms with E-state index in [0.717, 1.165) is 22.5 Å². The summed E-state index contributed by atoms with van der Waals surface area (Å²) >= 11 is 1.54. The Hall–Kier alpha value is -1.46. The minimum absolute atomic E-state index is 0.0850. The van der Waals surface area contributed by atoms with Crippen LogP contribution in [0.25, 0.3) is 11.0 Å². The first-order valence-electron chi connectivity index (χ1n) is 6.63. The molecule has 2 rings (SSSR count). The second-order valence-corrected chi connectivity index (χ2v) is 5.38. The molecule has 0 bridgehead atoms. The van der Waals surface area contributed by atoms with Crippen LogP contribution in [0.15, 0.2) is 34.7 Å². The summed E-state index contributed by atoms with van der Waals surface area (Å²) in [5.74, 6) is 1.85. The first-order chi connectivity index (χ1) is 9.74. The molecule has 0 saturated carbocycles. The van der Waals surface area contributed by atoms with E-state index in [1.54, 1.807) is 11.8 Å². The Kier molecular flexibility index (Phi) is 5.49. The molecule has 1 aromatic carbocycles. The van der Waals surface area contributed by atoms with Crippen LogP contribution >= 0.6 is 11.8 Å². The molecule has 0 aliphatic heterocycles. The quantitative estimate of drug-likeness (QED) is 0.795. The summed E-state index contributed by atoms with van der Waals surface area (Å²) in [6.45, 7) is 2.24. The second kappa shape index (κ2) is 7.36. The number of carbonyl (C=O) groups excluding carboxylic acids is 1. The van der Waals surface area contributed by atoms with Crippen molar-refractivity contribution >= 4 is 28.7 Å². The Morgan fingerprint density at radius 2 is 2.25 bits per heavy atom. The van der Waals surface area contributed by atoms with Crippen LogP contribution in [0.2, 0.25) is 0 Å². The number of carbonyl (C=O) groups is 1.